The lowest BCUT2D eigenvalue weighted by atomic mass is 10.00. The first-order chi connectivity index (χ1) is 9.61. The van der Waals surface area contributed by atoms with Crippen LogP contribution in [0.2, 0.25) is 0 Å². The molecule has 0 aliphatic heterocycles. The number of aromatic nitrogens is 1. The molecule has 3 nitrogen and oxygen atoms in total. The lowest BCUT2D eigenvalue weighted by Crippen LogP contribution is -2.15. The number of hydrogen-bond donors (Lipinski definition) is 1. The lowest BCUT2D eigenvalue weighted by molar-refractivity contribution is 0.390. The quantitative estimate of drug-likeness (QED) is 0.905. The number of rotatable bonds is 5. The third kappa shape index (κ3) is 3.36. The van der Waals surface area contributed by atoms with Crippen LogP contribution in [0, 0.1) is 20.8 Å². The first-order valence-electron chi connectivity index (χ1n) is 6.87. The number of ether oxygens (including phenoxy) is 1. The maximum atomic E-state index is 5.26. The van der Waals surface area contributed by atoms with Crippen molar-refractivity contribution >= 4 is 0 Å². The summed E-state index contributed by atoms with van der Waals surface area (Å²) in [5.41, 5.74) is 6.45. The van der Waals surface area contributed by atoms with Crippen LogP contribution in [-0.2, 0) is 13.1 Å². The zero-order chi connectivity index (χ0) is 14.5. The van der Waals surface area contributed by atoms with Gasteiger partial charge in [0.2, 0.25) is 5.88 Å². The van der Waals surface area contributed by atoms with Crippen LogP contribution in [0.25, 0.3) is 0 Å². The standard InChI is InChI=1S/C17H22N2O/c1-12-8-13(2)16(14(3)9-12)11-18-10-15-6-5-7-19-17(15)20-4/h5-9,18H,10-11H2,1-4H3. The minimum absolute atomic E-state index is 0.692. The molecule has 1 heterocycles. The summed E-state index contributed by atoms with van der Waals surface area (Å²) in [7, 11) is 1.65. The Bertz CT molecular complexity index is 570. The first kappa shape index (κ1) is 14.5. The fourth-order valence-electron chi connectivity index (χ4n) is 2.55. The van der Waals surface area contributed by atoms with Crippen molar-refractivity contribution in [2.75, 3.05) is 7.11 Å². The molecule has 106 valence electrons. The SMILES string of the molecule is COc1ncccc1CNCc1c(C)cc(C)cc1C. The van der Waals surface area contributed by atoms with Gasteiger partial charge < -0.3 is 10.1 Å². The lowest BCUT2D eigenvalue weighted by Gasteiger charge is -2.13. The number of nitrogens with one attached hydrogen (secondary N) is 1. The van der Waals surface area contributed by atoms with E-state index in [1.165, 1.54) is 22.3 Å². The van der Waals surface area contributed by atoms with Crippen molar-refractivity contribution in [2.45, 2.75) is 33.9 Å². The number of pyridine rings is 1. The molecular weight excluding hydrogens is 248 g/mol. The van der Waals surface area contributed by atoms with Gasteiger partial charge in [0.15, 0.2) is 0 Å². The Hall–Kier alpha value is -1.87. The normalized spacial score (nSPS) is 10.6. The Balaban J connectivity index is 2.03. The molecule has 2 aromatic rings. The summed E-state index contributed by atoms with van der Waals surface area (Å²) in [6.45, 7) is 8.08. The van der Waals surface area contributed by atoms with Crippen LogP contribution in [0.4, 0.5) is 0 Å². The second-order valence-electron chi connectivity index (χ2n) is 5.15. The van der Waals surface area contributed by atoms with Gasteiger partial charge in [0.1, 0.15) is 0 Å². The Labute approximate surface area is 121 Å². The van der Waals surface area contributed by atoms with Crippen molar-refractivity contribution in [3.05, 3.63) is 58.3 Å². The molecule has 2 rings (SSSR count). The van der Waals surface area contributed by atoms with E-state index < -0.39 is 0 Å². The van der Waals surface area contributed by atoms with E-state index in [0.717, 1.165) is 18.7 Å². The molecule has 20 heavy (non-hydrogen) atoms. The van der Waals surface area contributed by atoms with Gasteiger partial charge in [-0.15, -0.1) is 0 Å². The highest BCUT2D eigenvalue weighted by Gasteiger charge is 2.06. The summed E-state index contributed by atoms with van der Waals surface area (Å²) in [6, 6.07) is 8.43. The fourth-order valence-corrected chi connectivity index (χ4v) is 2.55. The third-order valence-electron chi connectivity index (χ3n) is 3.50. The highest BCUT2D eigenvalue weighted by Crippen LogP contribution is 2.17. The number of benzene rings is 1. The van der Waals surface area contributed by atoms with E-state index in [1.54, 1.807) is 13.3 Å². The van der Waals surface area contributed by atoms with Crippen LogP contribution >= 0.6 is 0 Å². The van der Waals surface area contributed by atoms with Crippen LogP contribution in [0.1, 0.15) is 27.8 Å². The highest BCUT2D eigenvalue weighted by molar-refractivity contribution is 5.37. The Kier molecular flexibility index (Phi) is 4.74. The fraction of sp³-hybridized carbons (Fsp3) is 0.353. The highest BCUT2D eigenvalue weighted by atomic mass is 16.5. The smallest absolute Gasteiger partial charge is 0.217 e. The van der Waals surface area contributed by atoms with Crippen molar-refractivity contribution in [2.24, 2.45) is 0 Å². The minimum Gasteiger partial charge on any atom is -0.481 e. The van der Waals surface area contributed by atoms with E-state index in [-0.39, 0.29) is 0 Å². The van der Waals surface area contributed by atoms with Crippen LogP contribution in [0.3, 0.4) is 0 Å². The summed E-state index contributed by atoms with van der Waals surface area (Å²) in [5, 5.41) is 3.47. The van der Waals surface area contributed by atoms with Gasteiger partial charge in [0.25, 0.3) is 0 Å². The van der Waals surface area contributed by atoms with E-state index in [2.05, 4.69) is 43.2 Å². The van der Waals surface area contributed by atoms with Gasteiger partial charge >= 0.3 is 0 Å². The van der Waals surface area contributed by atoms with Gasteiger partial charge in [0.05, 0.1) is 7.11 Å². The topological polar surface area (TPSA) is 34.1 Å². The molecule has 0 radical (unpaired) electrons. The molecule has 1 aromatic heterocycles. The van der Waals surface area contributed by atoms with Crippen LogP contribution < -0.4 is 10.1 Å². The average Bonchev–Trinajstić information content (AvgIpc) is 2.42. The Morgan fingerprint density at radius 3 is 2.45 bits per heavy atom. The number of methoxy groups -OCH3 is 1. The molecule has 0 aliphatic carbocycles. The predicted octanol–water partition coefficient (Wildman–Crippen LogP) is 3.31. The molecule has 0 atom stereocenters. The molecule has 0 fully saturated rings. The largest absolute Gasteiger partial charge is 0.481 e. The van der Waals surface area contributed by atoms with Crippen molar-refractivity contribution in [3.8, 4) is 5.88 Å². The summed E-state index contributed by atoms with van der Waals surface area (Å²) in [5.74, 6) is 0.692. The molecule has 0 saturated heterocycles. The Morgan fingerprint density at radius 2 is 1.80 bits per heavy atom. The zero-order valence-electron chi connectivity index (χ0n) is 12.7. The summed E-state index contributed by atoms with van der Waals surface area (Å²) in [6.07, 6.45) is 1.75. The first-order valence-corrected chi connectivity index (χ1v) is 6.87. The number of aryl methyl sites for hydroxylation is 3. The molecule has 0 bridgehead atoms. The zero-order valence-corrected chi connectivity index (χ0v) is 12.7. The minimum atomic E-state index is 0.692. The summed E-state index contributed by atoms with van der Waals surface area (Å²) >= 11 is 0. The average molecular weight is 270 g/mol. The molecule has 0 unspecified atom stereocenters. The monoisotopic (exact) mass is 270 g/mol. The molecule has 0 spiro atoms. The molecule has 0 amide bonds. The van der Waals surface area contributed by atoms with Gasteiger partial charge in [0, 0.05) is 24.8 Å². The second kappa shape index (κ2) is 6.53. The van der Waals surface area contributed by atoms with Crippen LogP contribution in [0.15, 0.2) is 30.5 Å². The van der Waals surface area contributed by atoms with E-state index in [9.17, 15) is 0 Å². The molecule has 3 heteroatoms. The van der Waals surface area contributed by atoms with Crippen molar-refractivity contribution < 1.29 is 4.74 Å². The van der Waals surface area contributed by atoms with E-state index in [0.29, 0.717) is 5.88 Å². The number of nitrogens with zero attached hydrogens (tertiary/aromatic N) is 1. The molecule has 0 aliphatic rings. The van der Waals surface area contributed by atoms with Gasteiger partial charge in [-0.25, -0.2) is 4.98 Å². The van der Waals surface area contributed by atoms with Crippen LogP contribution in [-0.4, -0.2) is 12.1 Å². The van der Waals surface area contributed by atoms with Crippen LogP contribution in [0.5, 0.6) is 5.88 Å². The predicted molar refractivity (Wildman–Crippen MR) is 82.0 cm³/mol. The molecule has 1 N–H and O–H groups in total. The third-order valence-corrected chi connectivity index (χ3v) is 3.50. The second-order valence-corrected chi connectivity index (χ2v) is 5.15. The van der Waals surface area contributed by atoms with E-state index >= 15 is 0 Å². The van der Waals surface area contributed by atoms with Gasteiger partial charge in [-0.1, -0.05) is 23.8 Å². The van der Waals surface area contributed by atoms with Crippen molar-refractivity contribution in [1.82, 2.24) is 10.3 Å². The summed E-state index contributed by atoms with van der Waals surface area (Å²) < 4.78 is 5.26. The summed E-state index contributed by atoms with van der Waals surface area (Å²) in [4.78, 5) is 4.21. The van der Waals surface area contributed by atoms with Crippen molar-refractivity contribution in [1.29, 1.82) is 0 Å². The van der Waals surface area contributed by atoms with Gasteiger partial charge in [-0.3, -0.25) is 0 Å². The maximum absolute atomic E-state index is 5.26. The van der Waals surface area contributed by atoms with Gasteiger partial charge in [-0.05, 0) is 43.5 Å². The van der Waals surface area contributed by atoms with Gasteiger partial charge in [-0.2, -0.15) is 0 Å². The Morgan fingerprint density at radius 1 is 1.10 bits per heavy atom. The molecule has 0 saturated carbocycles. The van der Waals surface area contributed by atoms with E-state index in [1.807, 2.05) is 12.1 Å². The van der Waals surface area contributed by atoms with E-state index in [4.69, 9.17) is 4.74 Å². The van der Waals surface area contributed by atoms with Crippen molar-refractivity contribution in [3.63, 3.8) is 0 Å². The number of hydrogen-bond acceptors (Lipinski definition) is 3. The maximum Gasteiger partial charge on any atom is 0.217 e. The molecular formula is C17H22N2O. The molecule has 1 aromatic carbocycles.